The smallest absolute Gasteiger partial charge is 0.322 e. The van der Waals surface area contributed by atoms with Crippen molar-refractivity contribution in [2.24, 2.45) is 0 Å². The molecule has 7 heteroatoms. The topological polar surface area (TPSA) is 60.0 Å². The summed E-state index contributed by atoms with van der Waals surface area (Å²) in [5, 5.41) is 3.11. The molecule has 6 rings (SSSR count). The first-order valence-corrected chi connectivity index (χ1v) is 12.8. The lowest BCUT2D eigenvalue weighted by atomic mass is 9.88. The van der Waals surface area contributed by atoms with Crippen molar-refractivity contribution in [3.63, 3.8) is 0 Å². The fraction of sp³-hybridized carbons (Fsp3) is 0.370. The molecule has 0 spiro atoms. The average molecular weight is 477 g/mol. The highest BCUT2D eigenvalue weighted by Gasteiger charge is 2.37. The lowest BCUT2D eigenvalue weighted by molar-refractivity contribution is 0.171. The molecule has 1 atom stereocenters. The van der Waals surface area contributed by atoms with Crippen LogP contribution in [0.4, 0.5) is 10.5 Å². The van der Waals surface area contributed by atoms with Gasteiger partial charge < -0.3 is 24.4 Å². The number of anilines is 1. The minimum Gasteiger partial charge on any atom is -0.496 e. The van der Waals surface area contributed by atoms with Crippen LogP contribution in [0, 0.1) is 0 Å². The zero-order chi connectivity index (χ0) is 23.1. The summed E-state index contributed by atoms with van der Waals surface area (Å²) in [4.78, 5) is 18.4. The highest BCUT2D eigenvalue weighted by Crippen LogP contribution is 2.47. The zero-order valence-corrected chi connectivity index (χ0v) is 20.1. The molecule has 34 heavy (non-hydrogen) atoms. The van der Waals surface area contributed by atoms with E-state index in [1.54, 1.807) is 7.11 Å². The maximum absolute atomic E-state index is 13.7. The Labute approximate surface area is 203 Å². The number of fused-ring (bicyclic) bond motifs is 4. The summed E-state index contributed by atoms with van der Waals surface area (Å²) in [6.07, 6.45) is 5.70. The van der Waals surface area contributed by atoms with Crippen molar-refractivity contribution in [2.75, 3.05) is 32.2 Å². The van der Waals surface area contributed by atoms with E-state index in [-0.39, 0.29) is 12.1 Å². The number of aryl methyl sites for hydroxylation is 1. The molecule has 6 nitrogen and oxygen atoms in total. The number of amides is 2. The van der Waals surface area contributed by atoms with Crippen molar-refractivity contribution in [1.29, 1.82) is 0 Å². The molecule has 3 aromatic rings. The summed E-state index contributed by atoms with van der Waals surface area (Å²) in [6, 6.07) is 13.3. The van der Waals surface area contributed by atoms with Gasteiger partial charge in [0.2, 0.25) is 0 Å². The van der Waals surface area contributed by atoms with Crippen LogP contribution < -0.4 is 19.5 Å². The van der Waals surface area contributed by atoms with Gasteiger partial charge in [-0.05, 0) is 61.4 Å². The maximum atomic E-state index is 13.7. The molecule has 0 saturated heterocycles. The normalized spacial score (nSPS) is 18.6. The quantitative estimate of drug-likeness (QED) is 0.536. The molecule has 1 N–H and O–H groups in total. The Morgan fingerprint density at radius 3 is 2.74 bits per heavy atom. The van der Waals surface area contributed by atoms with Gasteiger partial charge in [0.1, 0.15) is 19.0 Å². The largest absolute Gasteiger partial charge is 0.496 e. The van der Waals surface area contributed by atoms with Gasteiger partial charge in [-0.3, -0.25) is 0 Å². The Hall–Kier alpha value is -3.19. The van der Waals surface area contributed by atoms with Crippen LogP contribution in [-0.4, -0.2) is 37.8 Å². The number of nitrogens with one attached hydrogen (secondary N) is 1. The summed E-state index contributed by atoms with van der Waals surface area (Å²) in [5.41, 5.74) is 4.73. The number of para-hydroxylation sites is 1. The minimum absolute atomic E-state index is 0.121. The monoisotopic (exact) mass is 476 g/mol. The van der Waals surface area contributed by atoms with Crippen LogP contribution in [0.25, 0.3) is 0 Å². The molecule has 0 bridgehead atoms. The van der Waals surface area contributed by atoms with E-state index in [4.69, 9.17) is 14.2 Å². The molecule has 1 unspecified atom stereocenters. The van der Waals surface area contributed by atoms with Gasteiger partial charge in [0.25, 0.3) is 0 Å². The Kier molecular flexibility index (Phi) is 5.57. The number of urea groups is 1. The van der Waals surface area contributed by atoms with Gasteiger partial charge >= 0.3 is 6.03 Å². The Bertz CT molecular complexity index is 1240. The number of hydrogen-bond donors (Lipinski definition) is 1. The number of carbonyl (C=O) groups is 1. The molecule has 2 aromatic carbocycles. The standard InChI is InChI=1S/C27H28N2O4S/c1-31-21-8-4-2-7-20(21)25-26-19(18-6-3-5-9-24(18)34-26)12-13-29(25)27(30)28-17-10-11-22-23(16-17)33-15-14-32-22/h2,4,7-8,10-11,16,25H,3,5-6,9,12-15H2,1H3,(H,28,30). The van der Waals surface area contributed by atoms with E-state index < -0.39 is 0 Å². The fourth-order valence-electron chi connectivity index (χ4n) is 5.39. The molecule has 0 fully saturated rings. The molecule has 176 valence electrons. The van der Waals surface area contributed by atoms with Crippen LogP contribution in [0.2, 0.25) is 0 Å². The molecule has 2 amide bonds. The molecule has 1 aromatic heterocycles. The molecule has 3 heterocycles. The lowest BCUT2D eigenvalue weighted by Gasteiger charge is -2.37. The van der Waals surface area contributed by atoms with E-state index in [2.05, 4.69) is 11.4 Å². The van der Waals surface area contributed by atoms with Crippen molar-refractivity contribution in [2.45, 2.75) is 38.1 Å². The summed E-state index contributed by atoms with van der Waals surface area (Å²) >= 11 is 1.89. The molecule has 2 aliphatic heterocycles. The van der Waals surface area contributed by atoms with Gasteiger partial charge in [-0.1, -0.05) is 18.2 Å². The van der Waals surface area contributed by atoms with Crippen LogP contribution in [0.3, 0.4) is 0 Å². The third kappa shape index (κ3) is 3.68. The number of hydrogen-bond acceptors (Lipinski definition) is 5. The predicted octanol–water partition coefficient (Wildman–Crippen LogP) is 5.59. The number of nitrogens with zero attached hydrogens (tertiary/aromatic N) is 1. The first-order valence-electron chi connectivity index (χ1n) is 12.0. The van der Waals surface area contributed by atoms with Crippen LogP contribution in [0.15, 0.2) is 42.5 Å². The highest BCUT2D eigenvalue weighted by atomic mass is 32.1. The highest BCUT2D eigenvalue weighted by molar-refractivity contribution is 7.12. The van der Waals surface area contributed by atoms with E-state index in [0.717, 1.165) is 30.6 Å². The number of ether oxygens (including phenoxy) is 3. The number of carbonyl (C=O) groups excluding carboxylic acids is 1. The van der Waals surface area contributed by atoms with Crippen molar-refractivity contribution >= 4 is 23.1 Å². The van der Waals surface area contributed by atoms with E-state index >= 15 is 0 Å². The number of thiophene rings is 1. The summed E-state index contributed by atoms with van der Waals surface area (Å²) in [5.74, 6) is 2.18. The second kappa shape index (κ2) is 8.87. The van der Waals surface area contributed by atoms with Crippen LogP contribution in [-0.2, 0) is 19.3 Å². The lowest BCUT2D eigenvalue weighted by Crippen LogP contribution is -2.42. The minimum atomic E-state index is -0.173. The number of benzene rings is 2. The van der Waals surface area contributed by atoms with E-state index in [1.807, 2.05) is 52.6 Å². The van der Waals surface area contributed by atoms with Gasteiger partial charge in [0.05, 0.1) is 13.2 Å². The van der Waals surface area contributed by atoms with E-state index in [1.165, 1.54) is 33.7 Å². The SMILES string of the molecule is COc1ccccc1C1c2sc3c(c2CCN1C(=O)Nc1ccc2c(c1)OCCO2)CCCC3. The third-order valence-electron chi connectivity index (χ3n) is 6.96. The van der Waals surface area contributed by atoms with Crippen molar-refractivity contribution < 1.29 is 19.0 Å². The van der Waals surface area contributed by atoms with Crippen LogP contribution in [0.1, 0.15) is 45.3 Å². The summed E-state index contributed by atoms with van der Waals surface area (Å²) in [7, 11) is 1.70. The van der Waals surface area contributed by atoms with Gasteiger partial charge in [0, 0.05) is 33.6 Å². The predicted molar refractivity (Wildman–Crippen MR) is 133 cm³/mol. The first-order chi connectivity index (χ1) is 16.7. The summed E-state index contributed by atoms with van der Waals surface area (Å²) < 4.78 is 17.1. The molecule has 0 radical (unpaired) electrons. The number of rotatable bonds is 3. The van der Waals surface area contributed by atoms with Gasteiger partial charge in [0.15, 0.2) is 11.5 Å². The van der Waals surface area contributed by atoms with Crippen molar-refractivity contribution in [1.82, 2.24) is 4.90 Å². The molecule has 3 aliphatic rings. The second-order valence-electron chi connectivity index (χ2n) is 8.93. The zero-order valence-electron chi connectivity index (χ0n) is 19.3. The van der Waals surface area contributed by atoms with Crippen molar-refractivity contribution in [3.05, 3.63) is 68.9 Å². The van der Waals surface area contributed by atoms with Gasteiger partial charge in [-0.15, -0.1) is 11.3 Å². The third-order valence-corrected chi connectivity index (χ3v) is 8.35. The van der Waals surface area contributed by atoms with Gasteiger partial charge in [-0.2, -0.15) is 0 Å². The van der Waals surface area contributed by atoms with Crippen LogP contribution in [0.5, 0.6) is 17.2 Å². The molecule has 1 aliphatic carbocycles. The average Bonchev–Trinajstić information content (AvgIpc) is 3.27. The summed E-state index contributed by atoms with van der Waals surface area (Å²) in [6.45, 7) is 1.72. The van der Waals surface area contributed by atoms with Crippen molar-refractivity contribution in [3.8, 4) is 17.2 Å². The van der Waals surface area contributed by atoms with E-state index in [0.29, 0.717) is 36.9 Å². The first kappa shape index (κ1) is 21.4. The molecular weight excluding hydrogens is 448 g/mol. The molecular formula is C27H28N2O4S. The Balaban J connectivity index is 1.37. The maximum Gasteiger partial charge on any atom is 0.322 e. The fourth-order valence-corrected chi connectivity index (χ4v) is 6.96. The number of methoxy groups -OCH3 is 1. The van der Waals surface area contributed by atoms with E-state index in [9.17, 15) is 4.79 Å². The Morgan fingerprint density at radius 1 is 1.03 bits per heavy atom. The van der Waals surface area contributed by atoms with Crippen LogP contribution >= 0.6 is 11.3 Å². The van der Waals surface area contributed by atoms with Gasteiger partial charge in [-0.25, -0.2) is 4.79 Å². The molecule has 0 saturated carbocycles. The second-order valence-corrected chi connectivity index (χ2v) is 10.1. The Morgan fingerprint density at radius 2 is 1.85 bits per heavy atom.